The minimum absolute atomic E-state index is 0.263. The van der Waals surface area contributed by atoms with Crippen molar-refractivity contribution in [3.05, 3.63) is 72.9 Å². The molecule has 22 heavy (non-hydrogen) atoms. The summed E-state index contributed by atoms with van der Waals surface area (Å²) >= 11 is 0. The molecular formula is C17H14FN3O. The standard InChI is InChI=1S/C17H14FN3O/c1-20(13-7-3-2-4-8-13)17(22)21-11-16(19-12-21)14-9-5-6-10-15(14)18/h2-12H,1H3. The average Bonchev–Trinajstić information content (AvgIpc) is 3.04. The summed E-state index contributed by atoms with van der Waals surface area (Å²) in [5.41, 5.74) is 1.57. The fourth-order valence-electron chi connectivity index (χ4n) is 2.17. The number of aromatic nitrogens is 2. The second kappa shape index (κ2) is 5.81. The van der Waals surface area contributed by atoms with Gasteiger partial charge in [0.2, 0.25) is 0 Å². The number of hydrogen-bond acceptors (Lipinski definition) is 2. The van der Waals surface area contributed by atoms with E-state index in [1.807, 2.05) is 30.3 Å². The van der Waals surface area contributed by atoms with Crippen LogP contribution in [0.1, 0.15) is 0 Å². The van der Waals surface area contributed by atoms with E-state index in [-0.39, 0.29) is 11.8 Å². The predicted molar refractivity (Wildman–Crippen MR) is 83.3 cm³/mol. The zero-order valence-corrected chi connectivity index (χ0v) is 12.0. The molecule has 3 aromatic rings. The molecule has 0 aliphatic carbocycles. The van der Waals surface area contributed by atoms with Crippen molar-refractivity contribution in [3.63, 3.8) is 0 Å². The maximum atomic E-state index is 13.8. The van der Waals surface area contributed by atoms with Crippen LogP contribution in [0.15, 0.2) is 67.1 Å². The molecule has 2 aromatic carbocycles. The van der Waals surface area contributed by atoms with Gasteiger partial charge in [-0.1, -0.05) is 30.3 Å². The molecule has 0 aliphatic rings. The second-order valence-corrected chi connectivity index (χ2v) is 4.82. The largest absolute Gasteiger partial charge is 0.333 e. The number of nitrogens with zero attached hydrogens (tertiary/aromatic N) is 3. The molecule has 0 aliphatic heterocycles. The number of carbonyl (C=O) groups is 1. The Hall–Kier alpha value is -2.95. The van der Waals surface area contributed by atoms with Crippen LogP contribution in [0, 0.1) is 5.82 Å². The minimum atomic E-state index is -0.364. The summed E-state index contributed by atoms with van der Waals surface area (Å²) in [6.07, 6.45) is 2.92. The Balaban J connectivity index is 1.88. The van der Waals surface area contributed by atoms with Gasteiger partial charge in [0, 0.05) is 24.5 Å². The van der Waals surface area contributed by atoms with Gasteiger partial charge in [-0.05, 0) is 24.3 Å². The Morgan fingerprint density at radius 2 is 1.77 bits per heavy atom. The number of benzene rings is 2. The SMILES string of the molecule is CN(C(=O)n1cnc(-c2ccccc2F)c1)c1ccccc1. The van der Waals surface area contributed by atoms with Crippen LogP contribution in [0.3, 0.4) is 0 Å². The van der Waals surface area contributed by atoms with Crippen molar-refractivity contribution in [1.29, 1.82) is 0 Å². The van der Waals surface area contributed by atoms with Crippen LogP contribution in [0.2, 0.25) is 0 Å². The van der Waals surface area contributed by atoms with Crippen LogP contribution in [0.25, 0.3) is 11.3 Å². The lowest BCUT2D eigenvalue weighted by Gasteiger charge is -2.16. The Kier molecular flexibility index (Phi) is 3.70. The number of para-hydroxylation sites is 1. The molecule has 4 nitrogen and oxygen atoms in total. The van der Waals surface area contributed by atoms with Crippen molar-refractivity contribution in [3.8, 4) is 11.3 Å². The van der Waals surface area contributed by atoms with Gasteiger partial charge in [0.1, 0.15) is 12.1 Å². The minimum Gasteiger partial charge on any atom is -0.297 e. The summed E-state index contributed by atoms with van der Waals surface area (Å²) in [4.78, 5) is 18.1. The van der Waals surface area contributed by atoms with E-state index in [2.05, 4.69) is 4.98 Å². The van der Waals surface area contributed by atoms with E-state index < -0.39 is 0 Å². The molecule has 0 saturated carbocycles. The Morgan fingerprint density at radius 3 is 2.50 bits per heavy atom. The van der Waals surface area contributed by atoms with Gasteiger partial charge >= 0.3 is 6.03 Å². The van der Waals surface area contributed by atoms with Gasteiger partial charge in [-0.15, -0.1) is 0 Å². The summed E-state index contributed by atoms with van der Waals surface area (Å²) in [6, 6.07) is 15.4. The Labute approximate surface area is 127 Å². The maximum Gasteiger partial charge on any atom is 0.333 e. The van der Waals surface area contributed by atoms with E-state index in [9.17, 15) is 9.18 Å². The van der Waals surface area contributed by atoms with E-state index in [0.717, 1.165) is 5.69 Å². The highest BCUT2D eigenvalue weighted by Gasteiger charge is 2.15. The molecule has 0 bridgehead atoms. The quantitative estimate of drug-likeness (QED) is 0.721. The zero-order chi connectivity index (χ0) is 15.5. The molecule has 0 unspecified atom stereocenters. The highest BCUT2D eigenvalue weighted by Crippen LogP contribution is 2.21. The zero-order valence-electron chi connectivity index (χ0n) is 12.0. The molecular weight excluding hydrogens is 281 g/mol. The van der Waals surface area contributed by atoms with E-state index in [1.54, 1.807) is 25.2 Å². The molecule has 0 atom stereocenters. The third-order valence-electron chi connectivity index (χ3n) is 3.38. The van der Waals surface area contributed by atoms with Gasteiger partial charge in [0.15, 0.2) is 0 Å². The van der Waals surface area contributed by atoms with Crippen LogP contribution < -0.4 is 4.90 Å². The highest BCUT2D eigenvalue weighted by molar-refractivity contribution is 5.93. The van der Waals surface area contributed by atoms with Crippen LogP contribution in [-0.4, -0.2) is 22.6 Å². The van der Waals surface area contributed by atoms with Crippen molar-refractivity contribution < 1.29 is 9.18 Å². The Morgan fingerprint density at radius 1 is 1.09 bits per heavy atom. The molecule has 0 radical (unpaired) electrons. The molecule has 1 amide bonds. The summed E-state index contributed by atoms with van der Waals surface area (Å²) in [5, 5.41) is 0. The van der Waals surface area contributed by atoms with Crippen LogP contribution in [-0.2, 0) is 0 Å². The first-order valence-electron chi connectivity index (χ1n) is 6.79. The molecule has 1 heterocycles. The molecule has 3 rings (SSSR count). The molecule has 110 valence electrons. The lowest BCUT2D eigenvalue weighted by atomic mass is 10.1. The van der Waals surface area contributed by atoms with Gasteiger partial charge in [0.05, 0.1) is 5.69 Å². The molecule has 1 aromatic heterocycles. The highest BCUT2D eigenvalue weighted by atomic mass is 19.1. The summed E-state index contributed by atoms with van der Waals surface area (Å²) < 4.78 is 15.1. The van der Waals surface area contributed by atoms with E-state index in [1.165, 1.54) is 28.1 Å². The van der Waals surface area contributed by atoms with Crippen molar-refractivity contribution >= 4 is 11.7 Å². The van der Waals surface area contributed by atoms with Crippen LogP contribution in [0.5, 0.6) is 0 Å². The van der Waals surface area contributed by atoms with Gasteiger partial charge < -0.3 is 0 Å². The van der Waals surface area contributed by atoms with Crippen molar-refractivity contribution in [2.75, 3.05) is 11.9 Å². The second-order valence-electron chi connectivity index (χ2n) is 4.82. The summed E-state index contributed by atoms with van der Waals surface area (Å²) in [5.74, 6) is -0.364. The first-order valence-corrected chi connectivity index (χ1v) is 6.79. The molecule has 0 N–H and O–H groups in total. The topological polar surface area (TPSA) is 38.1 Å². The van der Waals surface area contributed by atoms with Crippen LogP contribution in [0.4, 0.5) is 14.9 Å². The van der Waals surface area contributed by atoms with E-state index in [0.29, 0.717) is 11.3 Å². The van der Waals surface area contributed by atoms with E-state index >= 15 is 0 Å². The normalized spacial score (nSPS) is 10.5. The van der Waals surface area contributed by atoms with Gasteiger partial charge in [-0.25, -0.2) is 14.2 Å². The van der Waals surface area contributed by atoms with Crippen molar-refractivity contribution in [2.45, 2.75) is 0 Å². The smallest absolute Gasteiger partial charge is 0.297 e. The summed E-state index contributed by atoms with van der Waals surface area (Å²) in [6.45, 7) is 0. The number of anilines is 1. The first-order chi connectivity index (χ1) is 10.7. The van der Waals surface area contributed by atoms with Gasteiger partial charge in [0.25, 0.3) is 0 Å². The third kappa shape index (κ3) is 2.61. The first kappa shape index (κ1) is 14.0. The molecule has 0 spiro atoms. The van der Waals surface area contributed by atoms with E-state index in [4.69, 9.17) is 0 Å². The third-order valence-corrected chi connectivity index (χ3v) is 3.38. The number of imidazole rings is 1. The number of hydrogen-bond donors (Lipinski definition) is 0. The fraction of sp³-hybridized carbons (Fsp3) is 0.0588. The number of rotatable bonds is 2. The molecule has 0 fully saturated rings. The van der Waals surface area contributed by atoms with Crippen LogP contribution >= 0.6 is 0 Å². The Bertz CT molecular complexity index is 798. The number of amides is 1. The van der Waals surface area contributed by atoms with Gasteiger partial charge in [-0.2, -0.15) is 0 Å². The number of carbonyl (C=O) groups excluding carboxylic acids is 1. The maximum absolute atomic E-state index is 13.8. The summed E-state index contributed by atoms with van der Waals surface area (Å²) in [7, 11) is 1.68. The lowest BCUT2D eigenvalue weighted by Crippen LogP contribution is -2.30. The van der Waals surface area contributed by atoms with Crippen molar-refractivity contribution in [2.24, 2.45) is 0 Å². The van der Waals surface area contributed by atoms with Crippen molar-refractivity contribution in [1.82, 2.24) is 9.55 Å². The molecule has 0 saturated heterocycles. The molecule has 5 heteroatoms. The lowest BCUT2D eigenvalue weighted by molar-refractivity contribution is 0.249. The fourth-order valence-corrected chi connectivity index (χ4v) is 2.17. The van der Waals surface area contributed by atoms with Gasteiger partial charge in [-0.3, -0.25) is 9.47 Å². The average molecular weight is 295 g/mol. The number of halogens is 1. The monoisotopic (exact) mass is 295 g/mol. The predicted octanol–water partition coefficient (Wildman–Crippen LogP) is 3.79.